The molecule has 0 aromatic carbocycles. The molecule has 0 saturated heterocycles. The molecule has 0 aliphatic carbocycles. The minimum atomic E-state index is -3.22. The van der Waals surface area contributed by atoms with Crippen LogP contribution in [0.5, 0.6) is 0 Å². The van der Waals surface area contributed by atoms with E-state index in [1.54, 1.807) is 0 Å². The number of nitrogens with two attached hydrogens (primary N) is 1. The molecule has 6 heteroatoms. The first kappa shape index (κ1) is 8.57. The van der Waals surface area contributed by atoms with Crippen LogP contribution in [-0.4, -0.2) is 26.5 Å². The van der Waals surface area contributed by atoms with Gasteiger partial charge in [-0.25, -0.2) is 0 Å². The Balaban J connectivity index is 3.82. The SMILES string of the molecule is C=P(O)(O)C(N)PO. The largest absolute Gasteiger partial charge is 0.375 e. The van der Waals surface area contributed by atoms with E-state index in [9.17, 15) is 0 Å². The second-order valence-electron chi connectivity index (χ2n) is 1.36. The Bertz CT molecular complexity index is 110. The molecule has 5 N–H and O–H groups in total. The van der Waals surface area contributed by atoms with E-state index in [0.717, 1.165) is 0 Å². The van der Waals surface area contributed by atoms with Gasteiger partial charge < -0.3 is 20.4 Å². The molecule has 0 bridgehead atoms. The number of rotatable bonds is 2. The fourth-order valence-corrected chi connectivity index (χ4v) is 0.832. The Morgan fingerprint density at radius 3 is 2.00 bits per heavy atom. The predicted molar refractivity (Wildman–Crippen MR) is 37.0 cm³/mol. The topological polar surface area (TPSA) is 86.7 Å². The first-order chi connectivity index (χ1) is 3.48. The van der Waals surface area contributed by atoms with Crippen molar-refractivity contribution in [2.75, 3.05) is 0 Å². The lowest BCUT2D eigenvalue weighted by Gasteiger charge is -2.14. The molecule has 0 radical (unpaired) electrons. The van der Waals surface area contributed by atoms with E-state index < -0.39 is 21.7 Å². The highest BCUT2D eigenvalue weighted by atomic mass is 31.2. The van der Waals surface area contributed by atoms with E-state index in [0.29, 0.717) is 0 Å². The summed E-state index contributed by atoms with van der Waals surface area (Å²) >= 11 is 0. The molecule has 2 atom stereocenters. The third kappa shape index (κ3) is 2.78. The molecule has 0 fully saturated rings. The van der Waals surface area contributed by atoms with Crippen LogP contribution in [-0.2, 0) is 0 Å². The first-order valence-corrected chi connectivity index (χ1v) is 4.79. The summed E-state index contributed by atoms with van der Waals surface area (Å²) < 4.78 is 0. The van der Waals surface area contributed by atoms with Gasteiger partial charge in [0.1, 0.15) is 12.9 Å². The zero-order chi connectivity index (χ0) is 6.78. The van der Waals surface area contributed by atoms with Gasteiger partial charge in [0.05, 0.1) is 0 Å². The maximum atomic E-state index is 8.56. The summed E-state index contributed by atoms with van der Waals surface area (Å²) in [6.45, 7) is 0. The van der Waals surface area contributed by atoms with Gasteiger partial charge in [-0.15, -0.1) is 0 Å². The van der Waals surface area contributed by atoms with Gasteiger partial charge in [0.2, 0.25) is 0 Å². The molecular weight excluding hydrogens is 148 g/mol. The second-order valence-corrected chi connectivity index (χ2v) is 4.85. The summed E-state index contributed by atoms with van der Waals surface area (Å²) in [7, 11) is -3.87. The summed E-state index contributed by atoms with van der Waals surface area (Å²) in [5.74, 6) is 0. The highest BCUT2D eigenvalue weighted by Gasteiger charge is 2.14. The maximum Gasteiger partial charge on any atom is 0.135 e. The Morgan fingerprint density at radius 1 is 1.62 bits per heavy atom. The zero-order valence-corrected chi connectivity index (χ0v) is 6.05. The first-order valence-electron chi connectivity index (χ1n) is 1.82. The molecule has 0 aromatic rings. The van der Waals surface area contributed by atoms with Gasteiger partial charge in [-0.2, -0.15) is 0 Å². The van der Waals surface area contributed by atoms with Crippen LogP contribution in [0.1, 0.15) is 0 Å². The Kier molecular flexibility index (Phi) is 3.13. The van der Waals surface area contributed by atoms with Crippen molar-refractivity contribution < 1.29 is 14.7 Å². The predicted octanol–water partition coefficient (Wildman–Crippen LogP) is -0.921. The van der Waals surface area contributed by atoms with E-state index >= 15 is 0 Å². The van der Waals surface area contributed by atoms with Crippen LogP contribution in [0.4, 0.5) is 0 Å². The zero-order valence-electron chi connectivity index (χ0n) is 4.15. The van der Waals surface area contributed by atoms with Gasteiger partial charge in [-0.05, 0) is 6.30 Å². The molecule has 0 aliphatic heterocycles. The van der Waals surface area contributed by atoms with E-state index in [4.69, 9.17) is 20.4 Å². The number of hydrogen-bond acceptors (Lipinski definition) is 4. The van der Waals surface area contributed by atoms with Crippen LogP contribution in [0.25, 0.3) is 0 Å². The minimum absolute atomic E-state index is 0.652. The van der Waals surface area contributed by atoms with E-state index in [2.05, 4.69) is 6.30 Å². The fraction of sp³-hybridized carbons (Fsp3) is 0.500. The van der Waals surface area contributed by atoms with Gasteiger partial charge in [-0.1, -0.05) is 0 Å². The molecular formula is C2H9NO3P2. The fourth-order valence-electron chi connectivity index (χ4n) is 0.0925. The molecule has 0 aromatic heterocycles. The Labute approximate surface area is 49.3 Å². The lowest BCUT2D eigenvalue weighted by molar-refractivity contribution is 0.471. The molecule has 0 rings (SSSR count). The maximum absolute atomic E-state index is 8.56. The van der Waals surface area contributed by atoms with Crippen molar-refractivity contribution in [3.8, 4) is 0 Å². The lowest BCUT2D eigenvalue weighted by atomic mass is 11.5. The van der Waals surface area contributed by atoms with Crippen LogP contribution in [0.2, 0.25) is 0 Å². The van der Waals surface area contributed by atoms with Crippen LogP contribution in [0.3, 0.4) is 0 Å². The molecule has 2 unspecified atom stereocenters. The van der Waals surface area contributed by atoms with Gasteiger partial charge >= 0.3 is 0 Å². The van der Waals surface area contributed by atoms with Crippen molar-refractivity contribution in [1.82, 2.24) is 0 Å². The van der Waals surface area contributed by atoms with Crippen LogP contribution in [0.15, 0.2) is 0 Å². The van der Waals surface area contributed by atoms with Crippen molar-refractivity contribution >= 4 is 22.4 Å². The van der Waals surface area contributed by atoms with Crippen molar-refractivity contribution in [1.29, 1.82) is 0 Å². The summed E-state index contributed by atoms with van der Waals surface area (Å²) in [6, 6.07) is 0. The standard InChI is InChI=1S/C2H9NO3P2/c1-8(5,6)2(3)7-4/h2,4-7H,1,3H2. The minimum Gasteiger partial charge on any atom is -0.375 e. The third-order valence-corrected chi connectivity index (χ3v) is 3.32. The quantitative estimate of drug-likeness (QED) is 0.390. The van der Waals surface area contributed by atoms with E-state index in [-0.39, 0.29) is 0 Å². The second kappa shape index (κ2) is 2.92. The molecule has 8 heavy (non-hydrogen) atoms. The highest BCUT2D eigenvalue weighted by Crippen LogP contribution is 2.44. The highest BCUT2D eigenvalue weighted by molar-refractivity contribution is 7.71. The Hall–Kier alpha value is 0.570. The molecule has 0 spiro atoms. The molecule has 0 aliphatic rings. The average molecular weight is 157 g/mol. The van der Waals surface area contributed by atoms with Gasteiger partial charge in [0.15, 0.2) is 0 Å². The average Bonchev–Trinajstić information content (AvgIpc) is 1.62. The summed E-state index contributed by atoms with van der Waals surface area (Å²) in [5.41, 5.74) is 4.04. The van der Waals surface area contributed by atoms with E-state index in [1.165, 1.54) is 0 Å². The molecule has 0 heterocycles. The summed E-state index contributed by atoms with van der Waals surface area (Å²) in [4.78, 5) is 25.4. The van der Waals surface area contributed by atoms with Gasteiger partial charge in [0, 0.05) is 8.81 Å². The van der Waals surface area contributed by atoms with Crippen LogP contribution < -0.4 is 5.73 Å². The van der Waals surface area contributed by atoms with Crippen molar-refractivity contribution in [2.45, 2.75) is 5.52 Å². The van der Waals surface area contributed by atoms with Crippen molar-refractivity contribution in [3.63, 3.8) is 0 Å². The van der Waals surface area contributed by atoms with Crippen LogP contribution >= 0.6 is 16.1 Å². The molecule has 0 amide bonds. The number of hydrogen-bond donors (Lipinski definition) is 4. The van der Waals surface area contributed by atoms with Crippen molar-refractivity contribution in [2.24, 2.45) is 5.73 Å². The van der Waals surface area contributed by atoms with Crippen LogP contribution in [0, 0.1) is 0 Å². The van der Waals surface area contributed by atoms with E-state index in [1.807, 2.05) is 0 Å². The van der Waals surface area contributed by atoms with Crippen molar-refractivity contribution in [3.05, 3.63) is 0 Å². The Morgan fingerprint density at radius 2 is 2.00 bits per heavy atom. The monoisotopic (exact) mass is 157 g/mol. The van der Waals surface area contributed by atoms with Gasteiger partial charge in [-0.3, -0.25) is 0 Å². The summed E-state index contributed by atoms with van der Waals surface area (Å²) in [5, 5.41) is 0. The summed E-state index contributed by atoms with van der Waals surface area (Å²) in [6.07, 6.45) is 2.99. The molecule has 50 valence electrons. The third-order valence-electron chi connectivity index (χ3n) is 0.578. The van der Waals surface area contributed by atoms with Gasteiger partial charge in [0.25, 0.3) is 0 Å². The molecule has 4 nitrogen and oxygen atoms in total. The molecule has 0 saturated carbocycles. The smallest absolute Gasteiger partial charge is 0.135 e. The lowest BCUT2D eigenvalue weighted by Crippen LogP contribution is -2.13. The normalized spacial score (nSPS) is 17.5.